The van der Waals surface area contributed by atoms with Gasteiger partial charge in [-0.25, -0.2) is 0 Å². The summed E-state index contributed by atoms with van der Waals surface area (Å²) in [5.41, 5.74) is -5.63. The van der Waals surface area contributed by atoms with E-state index in [2.05, 4.69) is 11.8 Å². The number of esters is 5. The molecule has 0 radical (unpaired) electrons. The van der Waals surface area contributed by atoms with Crippen molar-refractivity contribution in [3.8, 4) is 0 Å². The Morgan fingerprint density at radius 2 is 1.45 bits per heavy atom. The highest BCUT2D eigenvalue weighted by Gasteiger charge is 2.89. The number of carbonyl (C=O) groups excluding carboxylic acids is 5. The average Bonchev–Trinajstić information content (AvgIpc) is 3.26. The van der Waals surface area contributed by atoms with Gasteiger partial charge in [-0.1, -0.05) is 13.8 Å². The van der Waals surface area contributed by atoms with E-state index in [1.165, 1.54) is 34.6 Å². The molecule has 2 N–H and O–H groups in total. The number of fused-ring (bicyclic) bond motifs is 5. The number of aliphatic hydroxyl groups is 2. The first kappa shape index (κ1) is 36.5. The summed E-state index contributed by atoms with van der Waals surface area (Å²) < 4.78 is 37.4. The van der Waals surface area contributed by atoms with Gasteiger partial charge in [-0.3, -0.25) is 28.9 Å². The zero-order valence-electron chi connectivity index (χ0n) is 30.8. The molecule has 0 amide bonds. The molecule has 4 saturated carbocycles. The fourth-order valence-corrected chi connectivity index (χ4v) is 13.0. The highest BCUT2D eigenvalue weighted by atomic mass is 16.8. The summed E-state index contributed by atoms with van der Waals surface area (Å²) >= 11 is 0. The van der Waals surface area contributed by atoms with Gasteiger partial charge < -0.3 is 38.6 Å². The van der Waals surface area contributed by atoms with Gasteiger partial charge in [0.25, 0.3) is 5.79 Å². The zero-order chi connectivity index (χ0) is 37.2. The Bertz CT molecular complexity index is 1520. The third-order valence-corrected chi connectivity index (χ3v) is 14.2. The SMILES string of the molecule is CC(=O)O[C@@H]1[C@H]2[C@@H](CN3C[C@@H](C)CC[C@H]3[C@@]2(C)O)[C@@H]2C[C@]34O[C@]5(OC(C)=O)[C@@H](OC(C)=O)CC[C@@]3(C)[C@@H]5C[C@@H](OC(C)=O)[C@H]4[C@]2(O)[C@H]1OC(C)=O. The summed E-state index contributed by atoms with van der Waals surface area (Å²) in [7, 11) is 0. The third-order valence-electron chi connectivity index (χ3n) is 14.2. The predicted octanol–water partition coefficient (Wildman–Crippen LogP) is 2.04. The van der Waals surface area contributed by atoms with E-state index in [4.69, 9.17) is 28.4 Å². The van der Waals surface area contributed by atoms with Crippen LogP contribution >= 0.6 is 0 Å². The molecular weight excluding hydrogens is 666 g/mol. The fraction of sp³-hybridized carbons (Fsp3) is 0.865. The molecule has 7 aliphatic rings. The first-order valence-electron chi connectivity index (χ1n) is 18.5. The molecule has 3 heterocycles. The van der Waals surface area contributed by atoms with E-state index in [0.717, 1.165) is 13.0 Å². The monoisotopic (exact) mass is 719 g/mol. The number of ether oxygens (including phenoxy) is 6. The summed E-state index contributed by atoms with van der Waals surface area (Å²) in [6, 6.07) is -0.270. The van der Waals surface area contributed by atoms with Gasteiger partial charge in [-0.2, -0.15) is 0 Å². The van der Waals surface area contributed by atoms with Crippen molar-refractivity contribution in [2.75, 3.05) is 13.1 Å². The summed E-state index contributed by atoms with van der Waals surface area (Å²) in [5, 5.41) is 26.4. The minimum Gasteiger partial charge on any atom is -0.462 e. The molecule has 3 saturated heterocycles. The quantitative estimate of drug-likeness (QED) is 0.311. The maximum atomic E-state index is 13.7. The lowest BCUT2D eigenvalue weighted by atomic mass is 9.49. The van der Waals surface area contributed by atoms with Crippen LogP contribution in [0.4, 0.5) is 0 Å². The first-order chi connectivity index (χ1) is 23.7. The Hall–Kier alpha value is -2.81. The van der Waals surface area contributed by atoms with Gasteiger partial charge in [0, 0.05) is 71.0 Å². The topological polar surface area (TPSA) is 184 Å². The second-order valence-corrected chi connectivity index (χ2v) is 17.1. The summed E-state index contributed by atoms with van der Waals surface area (Å²) in [6.45, 7) is 13.4. The molecule has 4 bridgehead atoms. The van der Waals surface area contributed by atoms with Crippen LogP contribution in [0.2, 0.25) is 0 Å². The van der Waals surface area contributed by atoms with Crippen LogP contribution in [0.5, 0.6) is 0 Å². The van der Waals surface area contributed by atoms with Crippen LogP contribution in [0.25, 0.3) is 0 Å². The number of hydrogen-bond acceptors (Lipinski definition) is 14. The zero-order valence-corrected chi connectivity index (χ0v) is 30.8. The van der Waals surface area contributed by atoms with Gasteiger partial charge in [-0.05, 0) is 63.2 Å². The Balaban J connectivity index is 1.47. The van der Waals surface area contributed by atoms with Crippen LogP contribution in [0.1, 0.15) is 93.9 Å². The van der Waals surface area contributed by atoms with Crippen LogP contribution in [-0.2, 0) is 52.4 Å². The molecule has 284 valence electrons. The molecule has 0 aromatic rings. The molecule has 14 nitrogen and oxygen atoms in total. The van der Waals surface area contributed by atoms with Crippen molar-refractivity contribution in [2.45, 2.75) is 147 Å². The molecular formula is C37H53NO13. The lowest BCUT2D eigenvalue weighted by Crippen LogP contribution is -2.77. The second kappa shape index (κ2) is 11.8. The molecule has 0 unspecified atom stereocenters. The van der Waals surface area contributed by atoms with Crippen LogP contribution in [-0.4, -0.2) is 111 Å². The Morgan fingerprint density at radius 3 is 2.06 bits per heavy atom. The van der Waals surface area contributed by atoms with E-state index in [1.807, 2.05) is 6.92 Å². The number of carbonyl (C=O) groups is 5. The van der Waals surface area contributed by atoms with Crippen LogP contribution in [0.3, 0.4) is 0 Å². The molecule has 3 aliphatic heterocycles. The number of hydrogen-bond donors (Lipinski definition) is 2. The van der Waals surface area contributed by atoms with Crippen molar-refractivity contribution >= 4 is 29.8 Å². The minimum atomic E-state index is -2.02. The highest BCUT2D eigenvalue weighted by Crippen LogP contribution is 2.78. The van der Waals surface area contributed by atoms with Crippen molar-refractivity contribution in [2.24, 2.45) is 40.9 Å². The maximum Gasteiger partial charge on any atom is 0.305 e. The molecule has 51 heavy (non-hydrogen) atoms. The maximum absolute atomic E-state index is 13.7. The first-order valence-corrected chi connectivity index (χ1v) is 18.5. The fourth-order valence-electron chi connectivity index (χ4n) is 13.0. The van der Waals surface area contributed by atoms with E-state index >= 15 is 0 Å². The van der Waals surface area contributed by atoms with E-state index in [9.17, 15) is 34.2 Å². The lowest BCUT2D eigenvalue weighted by Gasteiger charge is -2.64. The van der Waals surface area contributed by atoms with Crippen molar-refractivity contribution < 1.29 is 62.6 Å². The predicted molar refractivity (Wildman–Crippen MR) is 174 cm³/mol. The normalized spacial score (nSPS) is 50.7. The van der Waals surface area contributed by atoms with Crippen molar-refractivity contribution in [3.05, 3.63) is 0 Å². The van der Waals surface area contributed by atoms with E-state index in [0.29, 0.717) is 31.7 Å². The van der Waals surface area contributed by atoms with Crippen LogP contribution < -0.4 is 0 Å². The summed E-state index contributed by atoms with van der Waals surface area (Å²) in [4.78, 5) is 66.5. The molecule has 0 aromatic carbocycles. The van der Waals surface area contributed by atoms with Crippen molar-refractivity contribution in [3.63, 3.8) is 0 Å². The van der Waals surface area contributed by atoms with Gasteiger partial charge in [0.05, 0.1) is 17.1 Å². The number of piperidine rings is 2. The molecule has 7 fully saturated rings. The average molecular weight is 720 g/mol. The molecule has 4 aliphatic carbocycles. The van der Waals surface area contributed by atoms with Crippen molar-refractivity contribution in [1.82, 2.24) is 4.90 Å². The van der Waals surface area contributed by atoms with Gasteiger partial charge in [0.1, 0.15) is 17.8 Å². The van der Waals surface area contributed by atoms with Crippen molar-refractivity contribution in [1.29, 1.82) is 0 Å². The highest BCUT2D eigenvalue weighted by molar-refractivity contribution is 5.69. The van der Waals surface area contributed by atoms with Crippen LogP contribution in [0.15, 0.2) is 0 Å². The van der Waals surface area contributed by atoms with E-state index < -0.39 is 112 Å². The van der Waals surface area contributed by atoms with Gasteiger partial charge in [0.2, 0.25) is 0 Å². The Labute approximate surface area is 298 Å². The standard InChI is InChI=1S/C37H53NO13/c1-17-9-10-27-34(8,44)29-23(16-38(27)15-17)24-14-35-31(36(24,45)32(49-21(5)42)30(29)48-20(4)41)25(46-18(2)39)13-26-33(35,7)12-11-28(47-19(3)40)37(26,51-35)50-22(6)43/h17,23-32,44-45H,9-16H2,1-8H3/t17-,23-,24-,25+,26-,27-,28-,29+,30+,31+,32-,33-,34+,35+,36-,37-/m0/s1. The molecule has 14 heteroatoms. The van der Waals surface area contributed by atoms with Gasteiger partial charge in [-0.15, -0.1) is 0 Å². The van der Waals surface area contributed by atoms with Gasteiger partial charge in [0.15, 0.2) is 12.2 Å². The van der Waals surface area contributed by atoms with E-state index in [-0.39, 0.29) is 18.9 Å². The van der Waals surface area contributed by atoms with Gasteiger partial charge >= 0.3 is 29.8 Å². The lowest BCUT2D eigenvalue weighted by molar-refractivity contribution is -0.303. The Kier molecular flexibility index (Phi) is 8.49. The molecule has 7 rings (SSSR count). The molecule has 1 spiro atoms. The number of rotatable bonds is 5. The minimum absolute atomic E-state index is 0.0745. The molecule has 16 atom stereocenters. The largest absolute Gasteiger partial charge is 0.462 e. The second-order valence-electron chi connectivity index (χ2n) is 17.1. The molecule has 0 aromatic heterocycles. The van der Waals surface area contributed by atoms with E-state index in [1.54, 1.807) is 6.92 Å². The summed E-state index contributed by atoms with van der Waals surface area (Å²) in [5.74, 6) is -8.32. The van der Waals surface area contributed by atoms with Crippen LogP contribution in [0, 0.1) is 40.9 Å². The Morgan fingerprint density at radius 1 is 0.804 bits per heavy atom. The summed E-state index contributed by atoms with van der Waals surface area (Å²) in [6.07, 6.45) is -2.15. The third kappa shape index (κ3) is 4.97. The number of nitrogens with zero attached hydrogens (tertiary/aromatic N) is 1. The smallest absolute Gasteiger partial charge is 0.305 e.